The average Bonchev–Trinajstić information content (AvgIpc) is 3.22. The normalized spacial score (nSPS) is 19.4. The molecule has 2 aromatic heterocycles. The predicted molar refractivity (Wildman–Crippen MR) is 118 cm³/mol. The smallest absolute Gasteiger partial charge is 0.280 e. The lowest BCUT2D eigenvalue weighted by Gasteiger charge is -2.23. The first-order valence-corrected chi connectivity index (χ1v) is 11.2. The van der Waals surface area contributed by atoms with Crippen molar-refractivity contribution in [2.75, 3.05) is 11.4 Å². The summed E-state index contributed by atoms with van der Waals surface area (Å²) in [4.78, 5) is 37.5. The molecule has 31 heavy (non-hydrogen) atoms. The van der Waals surface area contributed by atoms with Gasteiger partial charge in [-0.05, 0) is 31.2 Å². The van der Waals surface area contributed by atoms with Gasteiger partial charge in [0.15, 0.2) is 15.5 Å². The van der Waals surface area contributed by atoms with Crippen LogP contribution in [0, 0.1) is 11.3 Å². The van der Waals surface area contributed by atoms with Crippen LogP contribution in [0.2, 0.25) is 0 Å². The largest absolute Gasteiger partial charge is 0.350 e. The molecular weight excluding hydrogens is 412 g/mol. The monoisotopic (exact) mass is 434 g/mol. The molecule has 2 fully saturated rings. The van der Waals surface area contributed by atoms with Crippen molar-refractivity contribution in [3.05, 3.63) is 52.1 Å². The highest BCUT2D eigenvalue weighted by atomic mass is 32.1. The number of nitrogens with one attached hydrogen (secondary N) is 1. The number of hydrogen-bond acceptors (Lipinski definition) is 7. The van der Waals surface area contributed by atoms with E-state index < -0.39 is 5.41 Å². The zero-order chi connectivity index (χ0) is 21.6. The minimum Gasteiger partial charge on any atom is -0.350 e. The van der Waals surface area contributed by atoms with Crippen molar-refractivity contribution in [2.24, 2.45) is 7.05 Å². The fourth-order valence-electron chi connectivity index (χ4n) is 4.17. The topological polar surface area (TPSA) is 104 Å². The Hall–Kier alpha value is -3.25. The highest BCUT2D eigenvalue weighted by Crippen LogP contribution is 2.46. The number of carbonyl (C=O) groups excluding carboxylic acids is 1. The molecule has 2 aliphatic rings. The summed E-state index contributed by atoms with van der Waals surface area (Å²) in [5.74, 6) is 0.477. The van der Waals surface area contributed by atoms with Crippen molar-refractivity contribution in [3.63, 3.8) is 0 Å². The molecule has 1 aliphatic carbocycles. The van der Waals surface area contributed by atoms with Crippen LogP contribution < -0.4 is 15.8 Å². The van der Waals surface area contributed by atoms with Crippen LogP contribution in [0.5, 0.6) is 0 Å². The Balaban J connectivity index is 1.42. The fourth-order valence-corrected chi connectivity index (χ4v) is 5.18. The highest BCUT2D eigenvalue weighted by molar-refractivity contribution is 7.21. The van der Waals surface area contributed by atoms with Gasteiger partial charge in [0.1, 0.15) is 17.3 Å². The summed E-state index contributed by atoms with van der Waals surface area (Å²) in [7, 11) is 1.65. The molecular formula is C22H22N6O2S. The molecule has 158 valence electrons. The van der Waals surface area contributed by atoms with Crippen LogP contribution in [0.4, 0.5) is 5.13 Å². The van der Waals surface area contributed by atoms with Crippen molar-refractivity contribution in [3.8, 4) is 6.07 Å². The van der Waals surface area contributed by atoms with Crippen molar-refractivity contribution in [1.29, 1.82) is 5.26 Å². The van der Waals surface area contributed by atoms with Gasteiger partial charge in [-0.15, -0.1) is 0 Å². The lowest BCUT2D eigenvalue weighted by Crippen LogP contribution is -2.43. The summed E-state index contributed by atoms with van der Waals surface area (Å²) in [6, 6.07) is 11.8. The third-order valence-electron chi connectivity index (χ3n) is 6.13. The van der Waals surface area contributed by atoms with E-state index in [0.717, 1.165) is 31.2 Å². The molecule has 1 saturated carbocycles. The molecule has 1 amide bonds. The Kier molecular flexibility index (Phi) is 4.74. The van der Waals surface area contributed by atoms with Gasteiger partial charge >= 0.3 is 0 Å². The van der Waals surface area contributed by atoms with Crippen LogP contribution in [0.25, 0.3) is 10.3 Å². The number of carbonyl (C=O) groups is 1. The molecule has 0 bridgehead atoms. The quantitative estimate of drug-likeness (QED) is 0.660. The maximum atomic E-state index is 12.9. The first-order valence-electron chi connectivity index (χ1n) is 10.4. The molecule has 1 atom stereocenters. The van der Waals surface area contributed by atoms with Gasteiger partial charge < -0.3 is 10.2 Å². The third kappa shape index (κ3) is 3.37. The fraction of sp³-hybridized carbons (Fsp3) is 0.409. The molecule has 0 spiro atoms. The second-order valence-corrected chi connectivity index (χ2v) is 9.15. The van der Waals surface area contributed by atoms with Gasteiger partial charge in [-0.25, -0.2) is 9.97 Å². The van der Waals surface area contributed by atoms with E-state index >= 15 is 0 Å². The Labute approximate surface area is 183 Å². The minimum absolute atomic E-state index is 0.0384. The van der Waals surface area contributed by atoms with Gasteiger partial charge in [-0.2, -0.15) is 5.26 Å². The summed E-state index contributed by atoms with van der Waals surface area (Å²) in [5.41, 5.74) is 0.454. The molecule has 5 rings (SSSR count). The van der Waals surface area contributed by atoms with E-state index in [1.165, 1.54) is 15.9 Å². The number of nitriles is 1. The number of fused-ring (bicyclic) bond motifs is 1. The summed E-state index contributed by atoms with van der Waals surface area (Å²) in [5, 5.41) is 13.2. The second-order valence-electron chi connectivity index (χ2n) is 8.20. The van der Waals surface area contributed by atoms with Gasteiger partial charge in [0.05, 0.1) is 6.07 Å². The maximum absolute atomic E-state index is 12.9. The van der Waals surface area contributed by atoms with Gasteiger partial charge in [-0.1, -0.05) is 41.7 Å². The summed E-state index contributed by atoms with van der Waals surface area (Å²) >= 11 is 1.32. The third-order valence-corrected chi connectivity index (χ3v) is 7.12. The Bertz CT molecular complexity index is 1250. The van der Waals surface area contributed by atoms with Gasteiger partial charge in [0.25, 0.3) is 5.56 Å². The van der Waals surface area contributed by atoms with Gasteiger partial charge in [0.2, 0.25) is 5.91 Å². The number of thiazole rings is 1. The summed E-state index contributed by atoms with van der Waals surface area (Å²) in [6.07, 6.45) is 3.06. The van der Waals surface area contributed by atoms with E-state index in [4.69, 9.17) is 0 Å². The minimum atomic E-state index is -0.653. The number of nitrogens with zero attached hydrogens (tertiary/aromatic N) is 5. The number of anilines is 1. The molecule has 3 heterocycles. The summed E-state index contributed by atoms with van der Waals surface area (Å²) < 4.78 is 1.45. The van der Waals surface area contributed by atoms with Crippen LogP contribution in [-0.2, 0) is 23.8 Å². The molecule has 0 unspecified atom stereocenters. The van der Waals surface area contributed by atoms with Crippen LogP contribution >= 0.6 is 11.3 Å². The van der Waals surface area contributed by atoms with E-state index in [9.17, 15) is 14.9 Å². The molecule has 1 N–H and O–H groups in total. The Morgan fingerprint density at radius 3 is 2.81 bits per heavy atom. The van der Waals surface area contributed by atoms with E-state index in [1.807, 2.05) is 35.2 Å². The molecule has 8 nitrogen and oxygen atoms in total. The van der Waals surface area contributed by atoms with Crippen molar-refractivity contribution >= 4 is 32.7 Å². The van der Waals surface area contributed by atoms with Gasteiger partial charge in [0, 0.05) is 20.1 Å². The standard InChI is InChI=1S/C22H22N6O2S/c1-27-19(30)16-18(26-20(27)22(13-23)9-10-22)31-21(25-16)28-11-5-8-15(28)17(29)24-12-14-6-3-2-4-7-14/h2-4,6-7,15H,5,8-12H2,1H3,(H,24,29)/t15-/m1/s1. The molecule has 3 aromatic rings. The predicted octanol–water partition coefficient (Wildman–Crippen LogP) is 2.23. The number of benzene rings is 1. The van der Waals surface area contributed by atoms with Crippen LogP contribution in [0.15, 0.2) is 35.1 Å². The molecule has 1 aromatic carbocycles. The number of rotatable bonds is 5. The van der Waals surface area contributed by atoms with Crippen molar-refractivity contribution in [1.82, 2.24) is 19.9 Å². The Morgan fingerprint density at radius 2 is 2.10 bits per heavy atom. The lowest BCUT2D eigenvalue weighted by molar-refractivity contribution is -0.122. The number of hydrogen-bond donors (Lipinski definition) is 1. The maximum Gasteiger partial charge on any atom is 0.280 e. The Morgan fingerprint density at radius 1 is 1.32 bits per heavy atom. The van der Waals surface area contributed by atoms with Crippen LogP contribution in [0.3, 0.4) is 0 Å². The van der Waals surface area contributed by atoms with Gasteiger partial charge in [-0.3, -0.25) is 14.2 Å². The van der Waals surface area contributed by atoms with E-state index in [-0.39, 0.29) is 17.5 Å². The molecule has 1 saturated heterocycles. The van der Waals surface area contributed by atoms with E-state index in [1.54, 1.807) is 7.05 Å². The first-order chi connectivity index (χ1) is 15.0. The first kappa shape index (κ1) is 19.7. The highest BCUT2D eigenvalue weighted by Gasteiger charge is 2.49. The van der Waals surface area contributed by atoms with Crippen molar-refractivity contribution in [2.45, 2.75) is 43.7 Å². The SMILES string of the molecule is Cn1c(C2(C#N)CC2)nc2sc(N3CCC[C@@H]3C(=O)NCc3ccccc3)nc2c1=O. The lowest BCUT2D eigenvalue weighted by atomic mass is 10.1. The molecule has 1 aliphatic heterocycles. The van der Waals surface area contributed by atoms with Crippen molar-refractivity contribution < 1.29 is 4.79 Å². The molecule has 0 radical (unpaired) electrons. The zero-order valence-electron chi connectivity index (χ0n) is 17.2. The summed E-state index contributed by atoms with van der Waals surface area (Å²) in [6.45, 7) is 1.18. The van der Waals surface area contributed by atoms with E-state index in [2.05, 4.69) is 21.4 Å². The zero-order valence-corrected chi connectivity index (χ0v) is 18.0. The average molecular weight is 435 g/mol. The van der Waals surface area contributed by atoms with E-state index in [0.29, 0.717) is 34.4 Å². The molecule has 9 heteroatoms. The van der Waals surface area contributed by atoms with Crippen LogP contribution in [0.1, 0.15) is 37.1 Å². The van der Waals surface area contributed by atoms with Crippen LogP contribution in [-0.4, -0.2) is 33.0 Å². The number of aromatic nitrogens is 3. The number of amides is 1. The second kappa shape index (κ2) is 7.46.